The van der Waals surface area contributed by atoms with E-state index < -0.39 is 0 Å². The molecule has 0 fully saturated rings. The van der Waals surface area contributed by atoms with E-state index in [4.69, 9.17) is 0 Å². The Bertz CT molecular complexity index is 281. The van der Waals surface area contributed by atoms with Crippen LogP contribution in [-0.2, 0) is 7.05 Å². The maximum atomic E-state index is 11.3. The summed E-state index contributed by atoms with van der Waals surface area (Å²) in [4.78, 5) is 12.6. The molecule has 1 heterocycles. The van der Waals surface area contributed by atoms with Crippen molar-refractivity contribution in [2.45, 2.75) is 13.0 Å². The molecule has 0 aliphatic heterocycles. The fourth-order valence-electron chi connectivity index (χ4n) is 0.707. The molecule has 0 radical (unpaired) electrons. The van der Waals surface area contributed by atoms with Crippen molar-refractivity contribution in [1.29, 1.82) is 0 Å². The third-order valence-electron chi connectivity index (χ3n) is 1.56. The number of Topliss-reactive ketones (excluding diaryl/α,β-unsaturated/α-hetero) is 1. The third kappa shape index (κ3) is 1.65. The van der Waals surface area contributed by atoms with E-state index in [0.29, 0.717) is 0 Å². The van der Waals surface area contributed by atoms with Crippen molar-refractivity contribution in [3.8, 4) is 0 Å². The molecule has 1 unspecified atom stereocenters. The van der Waals surface area contributed by atoms with Crippen LogP contribution in [0.5, 0.6) is 0 Å². The quantitative estimate of drug-likeness (QED) is 0.587. The second-order valence-electron chi connectivity index (χ2n) is 2.48. The normalized spacial score (nSPS) is 12.9. The number of ketones is 1. The molecule has 1 N–H and O–H groups in total. The Kier molecular flexibility index (Phi) is 2.49. The minimum atomic E-state index is -0.269. The Hall–Kier alpha value is -1.30. The Labute approximate surface area is 70.0 Å². The summed E-state index contributed by atoms with van der Waals surface area (Å²) in [6, 6.07) is -0.269. The summed E-state index contributed by atoms with van der Waals surface area (Å²) in [5.74, 6) is 0.00458. The zero-order valence-corrected chi connectivity index (χ0v) is 7.27. The van der Waals surface area contributed by atoms with E-state index in [0.717, 1.165) is 0 Å². The number of hydrogen-bond donors (Lipinski definition) is 1. The summed E-state index contributed by atoms with van der Waals surface area (Å²) in [6.45, 7) is 1.75. The molecule has 1 aromatic rings. The summed E-state index contributed by atoms with van der Waals surface area (Å²) in [5.41, 5.74) is 0. The minimum absolute atomic E-state index is 0.148. The molecule has 0 saturated carbocycles. The maximum Gasteiger partial charge on any atom is 0.242 e. The minimum Gasteiger partial charge on any atom is -0.310 e. The zero-order chi connectivity index (χ0) is 9.14. The fraction of sp³-hybridized carbons (Fsp3) is 0.667. The van der Waals surface area contributed by atoms with Crippen LogP contribution in [-0.4, -0.2) is 39.1 Å². The van der Waals surface area contributed by atoms with Crippen LogP contribution in [0, 0.1) is 0 Å². The molecule has 12 heavy (non-hydrogen) atoms. The number of likely N-dealkylation sites (N-methyl/N-ethyl adjacent to an activating group) is 1. The first-order valence-corrected chi connectivity index (χ1v) is 3.60. The monoisotopic (exact) mass is 169 g/mol. The lowest BCUT2D eigenvalue weighted by Crippen LogP contribution is -2.31. The summed E-state index contributed by atoms with van der Waals surface area (Å²) in [6.07, 6.45) is 0. The van der Waals surface area contributed by atoms with Gasteiger partial charge in [-0.2, -0.15) is 4.80 Å². The van der Waals surface area contributed by atoms with E-state index >= 15 is 0 Å². The van der Waals surface area contributed by atoms with Gasteiger partial charge in [0.2, 0.25) is 11.6 Å². The first-order chi connectivity index (χ1) is 5.65. The molecule has 66 valence electrons. The molecule has 0 spiro atoms. The molecule has 0 amide bonds. The number of hydrogen-bond acceptors (Lipinski definition) is 5. The number of nitrogens with one attached hydrogen (secondary N) is 1. The second-order valence-corrected chi connectivity index (χ2v) is 2.48. The van der Waals surface area contributed by atoms with Gasteiger partial charge in [0.25, 0.3) is 0 Å². The largest absolute Gasteiger partial charge is 0.310 e. The summed E-state index contributed by atoms with van der Waals surface area (Å²) in [7, 11) is 3.33. The first-order valence-electron chi connectivity index (χ1n) is 3.60. The van der Waals surface area contributed by atoms with Crippen LogP contribution in [0.25, 0.3) is 0 Å². The van der Waals surface area contributed by atoms with Gasteiger partial charge in [-0.05, 0) is 19.2 Å². The van der Waals surface area contributed by atoms with Crippen LogP contribution in [0.4, 0.5) is 0 Å². The predicted octanol–water partition coefficient (Wildman–Crippen LogP) is -0.999. The van der Waals surface area contributed by atoms with E-state index in [9.17, 15) is 4.79 Å². The summed E-state index contributed by atoms with van der Waals surface area (Å²) < 4.78 is 0. The van der Waals surface area contributed by atoms with E-state index in [1.54, 1.807) is 21.0 Å². The number of carbonyl (C=O) groups excluding carboxylic acids is 1. The lowest BCUT2D eigenvalue weighted by atomic mass is 10.2. The Balaban J connectivity index is 2.78. The van der Waals surface area contributed by atoms with Crippen molar-refractivity contribution in [2.24, 2.45) is 7.05 Å². The zero-order valence-electron chi connectivity index (χ0n) is 7.27. The maximum absolute atomic E-state index is 11.3. The molecule has 0 bridgehead atoms. The van der Waals surface area contributed by atoms with Crippen molar-refractivity contribution in [3.63, 3.8) is 0 Å². The van der Waals surface area contributed by atoms with Crippen molar-refractivity contribution in [2.75, 3.05) is 7.05 Å². The molecule has 1 aromatic heterocycles. The van der Waals surface area contributed by atoms with Gasteiger partial charge < -0.3 is 5.32 Å². The molecule has 1 atom stereocenters. The highest BCUT2D eigenvalue weighted by atomic mass is 16.1. The van der Waals surface area contributed by atoms with Crippen molar-refractivity contribution in [1.82, 2.24) is 25.5 Å². The third-order valence-corrected chi connectivity index (χ3v) is 1.56. The van der Waals surface area contributed by atoms with Gasteiger partial charge in [-0.1, -0.05) is 0 Å². The average Bonchev–Trinajstić information content (AvgIpc) is 2.49. The van der Waals surface area contributed by atoms with Crippen LogP contribution in [0.3, 0.4) is 0 Å². The predicted molar refractivity (Wildman–Crippen MR) is 41.7 cm³/mol. The van der Waals surface area contributed by atoms with Crippen LogP contribution in [0.2, 0.25) is 0 Å². The van der Waals surface area contributed by atoms with Crippen LogP contribution in [0.1, 0.15) is 17.5 Å². The summed E-state index contributed by atoms with van der Waals surface area (Å²) >= 11 is 0. The number of aromatic nitrogens is 4. The van der Waals surface area contributed by atoms with Crippen molar-refractivity contribution < 1.29 is 4.79 Å². The Morgan fingerprint density at radius 1 is 1.67 bits per heavy atom. The molecule has 6 nitrogen and oxygen atoms in total. The highest BCUT2D eigenvalue weighted by Gasteiger charge is 2.17. The highest BCUT2D eigenvalue weighted by Crippen LogP contribution is 1.93. The van der Waals surface area contributed by atoms with E-state index in [1.165, 1.54) is 4.80 Å². The number of tetrazole rings is 1. The van der Waals surface area contributed by atoms with Gasteiger partial charge in [-0.3, -0.25) is 4.79 Å². The standard InChI is InChI=1S/C6H11N5O/c1-4(7-2)5(12)6-8-10-11(3)9-6/h4,7H,1-3H3. The van der Waals surface area contributed by atoms with Gasteiger partial charge in [0, 0.05) is 0 Å². The van der Waals surface area contributed by atoms with Crippen molar-refractivity contribution >= 4 is 5.78 Å². The topological polar surface area (TPSA) is 72.7 Å². The fourth-order valence-corrected chi connectivity index (χ4v) is 0.707. The van der Waals surface area contributed by atoms with Gasteiger partial charge in [0.1, 0.15) is 0 Å². The van der Waals surface area contributed by atoms with Crippen LogP contribution < -0.4 is 5.32 Å². The SMILES string of the molecule is CNC(C)C(=O)c1nnn(C)n1. The van der Waals surface area contributed by atoms with Gasteiger partial charge in [0.15, 0.2) is 0 Å². The van der Waals surface area contributed by atoms with Gasteiger partial charge in [-0.15, -0.1) is 10.2 Å². The first kappa shape index (κ1) is 8.79. The number of aryl methyl sites for hydroxylation is 1. The molecule has 0 saturated heterocycles. The van der Waals surface area contributed by atoms with Gasteiger partial charge >= 0.3 is 0 Å². The smallest absolute Gasteiger partial charge is 0.242 e. The average molecular weight is 169 g/mol. The molecule has 0 aliphatic rings. The Morgan fingerprint density at radius 2 is 2.33 bits per heavy atom. The Morgan fingerprint density at radius 3 is 2.75 bits per heavy atom. The summed E-state index contributed by atoms with van der Waals surface area (Å²) in [5, 5.41) is 13.7. The lowest BCUT2D eigenvalue weighted by Gasteiger charge is -2.03. The number of carbonyl (C=O) groups is 1. The number of nitrogens with zero attached hydrogens (tertiary/aromatic N) is 4. The van der Waals surface area contributed by atoms with Crippen LogP contribution in [0.15, 0.2) is 0 Å². The number of rotatable bonds is 3. The molecule has 6 heteroatoms. The van der Waals surface area contributed by atoms with Gasteiger partial charge in [-0.25, -0.2) is 0 Å². The molecule has 0 aromatic carbocycles. The molecule has 0 aliphatic carbocycles. The van der Waals surface area contributed by atoms with Crippen LogP contribution >= 0.6 is 0 Å². The molecular weight excluding hydrogens is 158 g/mol. The van der Waals surface area contributed by atoms with Crippen molar-refractivity contribution in [3.05, 3.63) is 5.82 Å². The highest BCUT2D eigenvalue weighted by molar-refractivity contribution is 5.96. The van der Waals surface area contributed by atoms with E-state index in [1.807, 2.05) is 0 Å². The second kappa shape index (κ2) is 3.40. The van der Waals surface area contributed by atoms with E-state index in [-0.39, 0.29) is 17.6 Å². The lowest BCUT2D eigenvalue weighted by molar-refractivity contribution is 0.0944. The molecule has 1 rings (SSSR count). The molecular formula is C6H11N5O. The van der Waals surface area contributed by atoms with Gasteiger partial charge in [0.05, 0.1) is 13.1 Å². The van der Waals surface area contributed by atoms with E-state index in [2.05, 4.69) is 20.7 Å².